The molecule has 0 amide bonds. The maximum atomic E-state index is 13.9. The largest absolute Gasteiger partial charge is 0.316 e. The van der Waals surface area contributed by atoms with Gasteiger partial charge >= 0.3 is 0 Å². The molecule has 0 radical (unpaired) electrons. The Morgan fingerprint density at radius 2 is 1.78 bits per heavy atom. The molecule has 0 fully saturated rings. The maximum Gasteiger partial charge on any atom is 0.131 e. The van der Waals surface area contributed by atoms with Gasteiger partial charge in [-0.25, -0.2) is 8.78 Å². The first kappa shape index (κ1) is 12.7. The zero-order chi connectivity index (χ0) is 13.1. The van der Waals surface area contributed by atoms with Crippen LogP contribution in [0.25, 0.3) is 11.1 Å². The molecule has 3 heteroatoms. The molecule has 18 heavy (non-hydrogen) atoms. The van der Waals surface area contributed by atoms with Gasteiger partial charge in [0.2, 0.25) is 0 Å². The van der Waals surface area contributed by atoms with Gasteiger partial charge in [0.1, 0.15) is 11.6 Å². The summed E-state index contributed by atoms with van der Waals surface area (Å²) in [6.45, 7) is 2.32. The van der Waals surface area contributed by atoms with E-state index in [1.165, 1.54) is 12.1 Å². The summed E-state index contributed by atoms with van der Waals surface area (Å²) in [6, 6.07) is 9.62. The summed E-state index contributed by atoms with van der Waals surface area (Å²) in [7, 11) is 1.83. The van der Waals surface area contributed by atoms with E-state index in [-0.39, 0.29) is 11.6 Å². The van der Waals surface area contributed by atoms with Crippen LogP contribution in [-0.2, 0) is 6.54 Å². The van der Waals surface area contributed by atoms with Gasteiger partial charge in [0.15, 0.2) is 0 Å². The molecule has 0 unspecified atom stereocenters. The lowest BCUT2D eigenvalue weighted by Gasteiger charge is -2.10. The molecule has 0 aromatic heterocycles. The number of rotatable bonds is 3. The summed E-state index contributed by atoms with van der Waals surface area (Å²) in [5.74, 6) is -0.644. The Labute approximate surface area is 105 Å². The summed E-state index contributed by atoms with van der Waals surface area (Å²) in [6.07, 6.45) is 0. The highest BCUT2D eigenvalue weighted by Gasteiger charge is 2.10. The van der Waals surface area contributed by atoms with E-state index in [4.69, 9.17) is 0 Å². The quantitative estimate of drug-likeness (QED) is 0.872. The average Bonchev–Trinajstić information content (AvgIpc) is 2.36. The number of hydrogen-bond acceptors (Lipinski definition) is 1. The van der Waals surface area contributed by atoms with Crippen molar-refractivity contribution in [1.82, 2.24) is 5.32 Å². The van der Waals surface area contributed by atoms with Crippen LogP contribution in [0.15, 0.2) is 36.4 Å². The maximum absolute atomic E-state index is 13.9. The molecule has 0 heterocycles. The first-order valence-electron chi connectivity index (χ1n) is 5.82. The zero-order valence-electron chi connectivity index (χ0n) is 10.4. The van der Waals surface area contributed by atoms with E-state index in [9.17, 15) is 8.78 Å². The molecule has 2 aromatic carbocycles. The summed E-state index contributed by atoms with van der Waals surface area (Å²) in [5.41, 5.74) is 2.49. The lowest BCUT2D eigenvalue weighted by atomic mass is 9.98. The van der Waals surface area contributed by atoms with E-state index >= 15 is 0 Å². The van der Waals surface area contributed by atoms with E-state index in [1.54, 1.807) is 31.2 Å². The molecule has 0 saturated heterocycles. The highest BCUT2D eigenvalue weighted by molar-refractivity contribution is 5.68. The molecule has 0 bridgehead atoms. The molecule has 0 spiro atoms. The molecule has 2 rings (SSSR count). The highest BCUT2D eigenvalue weighted by Crippen LogP contribution is 2.28. The standard InChI is InChI=1S/C15H15F2N/c1-10-12(4-3-5-14(10)16)13-8-11(9-18-2)6-7-15(13)17/h3-8,18H,9H2,1-2H3. The molecule has 1 N–H and O–H groups in total. The predicted molar refractivity (Wildman–Crippen MR) is 69.3 cm³/mol. The van der Waals surface area contributed by atoms with Crippen molar-refractivity contribution in [2.75, 3.05) is 7.05 Å². The fourth-order valence-corrected chi connectivity index (χ4v) is 1.99. The van der Waals surface area contributed by atoms with Gasteiger partial charge in [-0.15, -0.1) is 0 Å². The fraction of sp³-hybridized carbons (Fsp3) is 0.200. The number of hydrogen-bond donors (Lipinski definition) is 1. The SMILES string of the molecule is CNCc1ccc(F)c(-c2cccc(F)c2C)c1. The van der Waals surface area contributed by atoms with Crippen molar-refractivity contribution in [3.05, 3.63) is 59.2 Å². The van der Waals surface area contributed by atoms with Crippen LogP contribution in [0.2, 0.25) is 0 Å². The van der Waals surface area contributed by atoms with E-state index in [2.05, 4.69) is 5.32 Å². The Balaban J connectivity index is 2.55. The normalized spacial score (nSPS) is 10.7. The lowest BCUT2D eigenvalue weighted by molar-refractivity contribution is 0.616. The minimum absolute atomic E-state index is 0.314. The average molecular weight is 247 g/mol. The minimum atomic E-state index is -0.330. The van der Waals surface area contributed by atoms with E-state index < -0.39 is 0 Å². The van der Waals surface area contributed by atoms with Gasteiger partial charge in [-0.1, -0.05) is 18.2 Å². The number of benzene rings is 2. The molecule has 94 valence electrons. The third-order valence-corrected chi connectivity index (χ3v) is 2.97. The van der Waals surface area contributed by atoms with Crippen molar-refractivity contribution < 1.29 is 8.78 Å². The first-order valence-corrected chi connectivity index (χ1v) is 5.82. The summed E-state index contributed by atoms with van der Waals surface area (Å²) >= 11 is 0. The molecule has 0 aliphatic rings. The third kappa shape index (κ3) is 2.41. The van der Waals surface area contributed by atoms with Crippen LogP contribution in [0, 0.1) is 18.6 Å². The van der Waals surface area contributed by atoms with E-state index in [0.717, 1.165) is 5.56 Å². The number of halogens is 2. The van der Waals surface area contributed by atoms with Gasteiger partial charge in [0.05, 0.1) is 0 Å². The Kier molecular flexibility index (Phi) is 3.72. The van der Waals surface area contributed by atoms with Crippen LogP contribution in [-0.4, -0.2) is 7.05 Å². The molecule has 0 aliphatic heterocycles. The summed E-state index contributed by atoms with van der Waals surface area (Å²) in [4.78, 5) is 0. The number of nitrogens with one attached hydrogen (secondary N) is 1. The van der Waals surface area contributed by atoms with Crippen molar-refractivity contribution in [3.63, 3.8) is 0 Å². The molecule has 2 aromatic rings. The molecule has 1 nitrogen and oxygen atoms in total. The van der Waals surface area contributed by atoms with Crippen LogP contribution < -0.4 is 5.32 Å². The van der Waals surface area contributed by atoms with Gasteiger partial charge in [0.25, 0.3) is 0 Å². The van der Waals surface area contributed by atoms with Crippen LogP contribution in [0.4, 0.5) is 8.78 Å². The lowest BCUT2D eigenvalue weighted by Crippen LogP contribution is -2.05. The zero-order valence-corrected chi connectivity index (χ0v) is 10.4. The van der Waals surface area contributed by atoms with Crippen molar-refractivity contribution in [2.45, 2.75) is 13.5 Å². The molecule has 0 aliphatic carbocycles. The first-order chi connectivity index (χ1) is 8.63. The second-order valence-electron chi connectivity index (χ2n) is 4.26. The third-order valence-electron chi connectivity index (χ3n) is 2.97. The van der Waals surface area contributed by atoms with Gasteiger partial charge in [-0.3, -0.25) is 0 Å². The van der Waals surface area contributed by atoms with Crippen molar-refractivity contribution in [1.29, 1.82) is 0 Å². The molecular weight excluding hydrogens is 232 g/mol. The van der Waals surface area contributed by atoms with Crippen molar-refractivity contribution in [3.8, 4) is 11.1 Å². The summed E-state index contributed by atoms with van der Waals surface area (Å²) in [5, 5.41) is 3.01. The monoisotopic (exact) mass is 247 g/mol. The van der Waals surface area contributed by atoms with Crippen LogP contribution in [0.3, 0.4) is 0 Å². The van der Waals surface area contributed by atoms with Gasteiger partial charge < -0.3 is 5.32 Å². The predicted octanol–water partition coefficient (Wildman–Crippen LogP) is 3.66. The second kappa shape index (κ2) is 5.27. The van der Waals surface area contributed by atoms with Crippen LogP contribution in [0.5, 0.6) is 0 Å². The van der Waals surface area contributed by atoms with E-state index in [0.29, 0.717) is 23.2 Å². The minimum Gasteiger partial charge on any atom is -0.316 e. The molecular formula is C15H15F2N. The molecule has 0 saturated carbocycles. The van der Waals surface area contributed by atoms with Crippen LogP contribution in [0.1, 0.15) is 11.1 Å². The Hall–Kier alpha value is -1.74. The fourth-order valence-electron chi connectivity index (χ4n) is 1.99. The van der Waals surface area contributed by atoms with Gasteiger partial charge in [-0.05, 0) is 48.9 Å². The van der Waals surface area contributed by atoms with Crippen molar-refractivity contribution >= 4 is 0 Å². The molecule has 0 atom stereocenters. The van der Waals surface area contributed by atoms with E-state index in [1.807, 2.05) is 7.05 Å². The highest BCUT2D eigenvalue weighted by atomic mass is 19.1. The summed E-state index contributed by atoms with van der Waals surface area (Å²) < 4.78 is 27.4. The second-order valence-corrected chi connectivity index (χ2v) is 4.26. The Morgan fingerprint density at radius 1 is 1.00 bits per heavy atom. The van der Waals surface area contributed by atoms with Crippen molar-refractivity contribution in [2.24, 2.45) is 0 Å². The Morgan fingerprint density at radius 3 is 2.50 bits per heavy atom. The Bertz CT molecular complexity index is 564. The van der Waals surface area contributed by atoms with Gasteiger partial charge in [-0.2, -0.15) is 0 Å². The van der Waals surface area contributed by atoms with Gasteiger partial charge in [0, 0.05) is 12.1 Å². The van der Waals surface area contributed by atoms with Crippen LogP contribution >= 0.6 is 0 Å². The topological polar surface area (TPSA) is 12.0 Å². The smallest absolute Gasteiger partial charge is 0.131 e.